The lowest BCUT2D eigenvalue weighted by Crippen LogP contribution is -2.73. The molecule has 10 rings (SSSR count). The van der Waals surface area contributed by atoms with Crippen LogP contribution in [-0.4, -0.2) is 150 Å². The first-order valence-corrected chi connectivity index (χ1v) is 22.8. The Bertz CT molecular complexity index is 2480. The molecule has 3 N–H and O–H groups in total. The molecule has 15 nitrogen and oxygen atoms in total. The largest absolute Gasteiger partial charge is 0.478 e. The Balaban J connectivity index is 1.25. The number of hydrogen-bond donors (Lipinski definition) is 3. The zero-order valence-electron chi connectivity index (χ0n) is 37.8. The van der Waals surface area contributed by atoms with E-state index in [4.69, 9.17) is 23.7 Å². The molecule has 2 aliphatic carbocycles. The Morgan fingerprint density at radius 2 is 1.81 bits per heavy atom. The van der Waals surface area contributed by atoms with E-state index in [9.17, 15) is 24.6 Å². The predicted octanol–water partition coefficient (Wildman–Crippen LogP) is 4.10. The Morgan fingerprint density at radius 1 is 1.03 bits per heavy atom. The standard InChI is InChI=1S/C49H60N4O11/c1-8-44(59)24-30-25-46(42(57)61-6,39-31(15-19-52(26-30)27-44)32-21-29(12-14-38(55)56)11-13-35(32)50-39)34-22-33-36(23-37(34)60-5)51(4)49-47(33)17-20-53-18-10-16-45(9-2,40(47)53)41(63-28(3)54)48(49,64-49)43(58)62-7/h10-14,16,21-23,30,34,37,40-41,50,59H,8-9,15,17-20,24-27H2,1-7H3,(H,55,56)/b14-12+/t30-,34?,37?,40+,41-,44+,45-,46+,47-,48+,49+/m1/s1. The maximum atomic E-state index is 15.6. The lowest BCUT2D eigenvalue weighted by molar-refractivity contribution is -0.182. The number of H-pyrrole nitrogens is 1. The van der Waals surface area contributed by atoms with Crippen LogP contribution in [0.3, 0.4) is 0 Å². The molecule has 5 fully saturated rings. The Labute approximate surface area is 373 Å². The number of aliphatic hydroxyl groups is 1. The smallest absolute Gasteiger partial charge is 0.347 e. The average Bonchev–Trinajstić information content (AvgIpc) is 3.53. The zero-order valence-corrected chi connectivity index (χ0v) is 37.8. The first-order chi connectivity index (χ1) is 30.6. The molecule has 6 aliphatic heterocycles. The fourth-order valence-electron chi connectivity index (χ4n) is 14.7. The van der Waals surface area contributed by atoms with Crippen molar-refractivity contribution in [2.75, 3.05) is 61.1 Å². The molecule has 342 valence electrons. The number of aromatic amines is 1. The molecule has 2 aromatic rings. The minimum Gasteiger partial charge on any atom is -0.478 e. The number of rotatable bonds is 9. The number of esters is 3. The first-order valence-electron chi connectivity index (χ1n) is 22.8. The van der Waals surface area contributed by atoms with E-state index in [-0.39, 0.29) is 12.0 Å². The van der Waals surface area contributed by atoms with Crippen LogP contribution in [0.15, 0.2) is 59.8 Å². The van der Waals surface area contributed by atoms with E-state index in [1.165, 1.54) is 21.1 Å². The number of carboxylic acids is 1. The molecular formula is C49H60N4O11. The quantitative estimate of drug-likeness (QED) is 0.108. The van der Waals surface area contributed by atoms with Gasteiger partial charge in [-0.1, -0.05) is 38.1 Å². The van der Waals surface area contributed by atoms with Gasteiger partial charge in [0.15, 0.2) is 11.8 Å². The molecule has 0 radical (unpaired) electrons. The van der Waals surface area contributed by atoms with Crippen LogP contribution in [0.2, 0.25) is 0 Å². The van der Waals surface area contributed by atoms with Crippen molar-refractivity contribution in [3.05, 3.63) is 76.7 Å². The maximum absolute atomic E-state index is 15.6. The number of carboxylic acid groups (broad SMARTS) is 1. The highest BCUT2D eigenvalue weighted by molar-refractivity contribution is 5.94. The Kier molecular flexibility index (Phi) is 9.84. The number of aromatic nitrogens is 1. The highest BCUT2D eigenvalue weighted by Gasteiger charge is 2.99. The lowest BCUT2D eigenvalue weighted by atomic mass is 9.48. The Hall–Kier alpha value is -4.80. The molecule has 12 atom stereocenters. The van der Waals surface area contributed by atoms with Gasteiger partial charge in [0.1, 0.15) is 5.41 Å². The molecule has 3 unspecified atom stereocenters. The van der Waals surface area contributed by atoms with Gasteiger partial charge < -0.3 is 43.8 Å². The van der Waals surface area contributed by atoms with Crippen LogP contribution < -0.4 is 0 Å². The van der Waals surface area contributed by atoms with Gasteiger partial charge >= 0.3 is 23.9 Å². The number of aliphatic carboxylic acids is 1. The van der Waals surface area contributed by atoms with Gasteiger partial charge in [0.25, 0.3) is 5.60 Å². The maximum Gasteiger partial charge on any atom is 0.347 e. The Morgan fingerprint density at radius 3 is 2.50 bits per heavy atom. The van der Waals surface area contributed by atoms with Crippen molar-refractivity contribution in [3.63, 3.8) is 0 Å². The summed E-state index contributed by atoms with van der Waals surface area (Å²) in [7, 11) is 6.35. The molecule has 0 amide bonds. The van der Waals surface area contributed by atoms with Gasteiger partial charge in [-0.3, -0.25) is 19.4 Å². The second kappa shape index (κ2) is 14.6. The summed E-state index contributed by atoms with van der Waals surface area (Å²) < 4.78 is 31.7. The molecule has 2 spiro atoms. The van der Waals surface area contributed by atoms with E-state index in [2.05, 4.69) is 46.0 Å². The number of hydrogen-bond acceptors (Lipinski definition) is 13. The number of nitrogens with zero attached hydrogens (tertiary/aromatic N) is 3. The topological polar surface area (TPSA) is 184 Å². The number of nitrogens with one attached hydrogen (secondary N) is 1. The van der Waals surface area contributed by atoms with Gasteiger partial charge in [-0.15, -0.1) is 0 Å². The normalized spacial score (nSPS) is 40.4. The third kappa shape index (κ3) is 5.32. The van der Waals surface area contributed by atoms with Crippen LogP contribution in [0.5, 0.6) is 0 Å². The van der Waals surface area contributed by atoms with Crippen molar-refractivity contribution in [2.45, 2.75) is 99.9 Å². The van der Waals surface area contributed by atoms with E-state index in [0.29, 0.717) is 82.5 Å². The summed E-state index contributed by atoms with van der Waals surface area (Å²) in [5, 5.41) is 22.5. The molecule has 7 heterocycles. The highest BCUT2D eigenvalue weighted by atomic mass is 16.7. The summed E-state index contributed by atoms with van der Waals surface area (Å²) in [6.45, 7) is 8.60. The predicted molar refractivity (Wildman–Crippen MR) is 233 cm³/mol. The van der Waals surface area contributed by atoms with Crippen molar-refractivity contribution in [2.24, 2.45) is 22.7 Å². The van der Waals surface area contributed by atoms with Crippen molar-refractivity contribution < 1.29 is 53.1 Å². The number of ether oxygens (including phenoxy) is 5. The number of likely N-dealkylation sites (N-methyl/N-ethyl adjacent to an activating group) is 1. The molecule has 15 heteroatoms. The van der Waals surface area contributed by atoms with E-state index >= 15 is 4.79 Å². The molecule has 1 aromatic heterocycles. The van der Waals surface area contributed by atoms with Crippen LogP contribution in [-0.2, 0) is 54.7 Å². The summed E-state index contributed by atoms with van der Waals surface area (Å²) in [5.74, 6) is -3.42. The van der Waals surface area contributed by atoms with E-state index < -0.39 is 75.2 Å². The summed E-state index contributed by atoms with van der Waals surface area (Å²) in [5.41, 5.74) is -2.20. The fourth-order valence-corrected chi connectivity index (χ4v) is 14.7. The average molecular weight is 881 g/mol. The van der Waals surface area contributed by atoms with E-state index in [0.717, 1.165) is 33.8 Å². The minimum absolute atomic E-state index is 0.127. The third-order valence-corrected chi connectivity index (χ3v) is 17.0. The highest BCUT2D eigenvalue weighted by Crippen LogP contribution is 2.82. The van der Waals surface area contributed by atoms with E-state index in [1.54, 1.807) is 13.2 Å². The number of piperidine rings is 1. The first kappa shape index (κ1) is 43.1. The minimum atomic E-state index is -1.69. The van der Waals surface area contributed by atoms with Crippen LogP contribution in [0.1, 0.15) is 69.7 Å². The van der Waals surface area contributed by atoms with Crippen molar-refractivity contribution >= 4 is 40.9 Å². The molecule has 1 aromatic carbocycles. The summed E-state index contributed by atoms with van der Waals surface area (Å²) >= 11 is 0. The van der Waals surface area contributed by atoms with Gasteiger partial charge in [-0.05, 0) is 92.0 Å². The van der Waals surface area contributed by atoms with Gasteiger partial charge in [0.2, 0.25) is 0 Å². The number of carbonyl (C=O) groups excluding carboxylic acids is 3. The number of carbonyl (C=O) groups is 4. The van der Waals surface area contributed by atoms with Gasteiger partial charge in [0, 0.05) is 93.0 Å². The van der Waals surface area contributed by atoms with Crippen molar-refractivity contribution in [1.82, 2.24) is 19.7 Å². The summed E-state index contributed by atoms with van der Waals surface area (Å²) in [4.78, 5) is 65.5. The van der Waals surface area contributed by atoms with E-state index in [1.807, 2.05) is 37.1 Å². The van der Waals surface area contributed by atoms with Gasteiger partial charge in [-0.25, -0.2) is 9.59 Å². The number of epoxide rings is 1. The molecule has 64 heavy (non-hydrogen) atoms. The van der Waals surface area contributed by atoms with Crippen LogP contribution in [0.25, 0.3) is 17.0 Å². The fraction of sp³-hybridized carbons (Fsp3) is 0.592. The number of allylic oxidation sites excluding steroid dienone is 1. The van der Waals surface area contributed by atoms with Gasteiger partial charge in [0.05, 0.1) is 31.3 Å². The van der Waals surface area contributed by atoms with Crippen LogP contribution in [0.4, 0.5) is 0 Å². The van der Waals surface area contributed by atoms with Crippen LogP contribution in [0, 0.1) is 22.7 Å². The molecule has 8 aliphatic rings. The second-order valence-electron chi connectivity index (χ2n) is 19.6. The van der Waals surface area contributed by atoms with Crippen molar-refractivity contribution in [3.8, 4) is 0 Å². The molecule has 4 saturated heterocycles. The number of likely N-dealkylation sites (tertiary alicyclic amines) is 1. The molecule has 1 saturated carbocycles. The van der Waals surface area contributed by atoms with Crippen molar-refractivity contribution in [1.29, 1.82) is 0 Å². The number of benzene rings is 1. The zero-order chi connectivity index (χ0) is 45.4. The number of fused-ring (bicyclic) bond motifs is 6. The number of methoxy groups -OCH3 is 3. The summed E-state index contributed by atoms with van der Waals surface area (Å²) in [6.07, 6.45) is 12.6. The second-order valence-corrected chi connectivity index (χ2v) is 19.6. The third-order valence-electron chi connectivity index (χ3n) is 17.0. The SMILES string of the molecule is CC[C@]1(O)C[C@H]2CN(CCc3c([nH]c4ccc(/C=C/C(=O)O)cc34)[C@@](C(=O)OC)(C3C=C4C(=CC3OC)N(C)[C@@]35O[C@]3(C(=O)OC)[C@H](OC(C)=O)[C@]3(CC)C=CCN6CC[C@]45[C@@H]63)C2)C1. The monoisotopic (exact) mass is 880 g/mol. The van der Waals surface area contributed by atoms with Gasteiger partial charge in [-0.2, -0.15) is 0 Å². The lowest BCUT2D eigenvalue weighted by Gasteiger charge is -2.58. The molecular weight excluding hydrogens is 821 g/mol. The molecule has 2 bridgehead atoms. The summed E-state index contributed by atoms with van der Waals surface area (Å²) in [6, 6.07) is 5.49. The van der Waals surface area contributed by atoms with Crippen LogP contribution >= 0.6 is 0 Å².